The van der Waals surface area contributed by atoms with Crippen LogP contribution >= 0.6 is 0 Å². The van der Waals surface area contributed by atoms with E-state index in [0.717, 1.165) is 28.7 Å². The summed E-state index contributed by atoms with van der Waals surface area (Å²) in [6.07, 6.45) is 6.23. The molecule has 2 unspecified atom stereocenters. The average molecular weight is 449 g/mol. The lowest BCUT2D eigenvalue weighted by Gasteiger charge is -2.20. The van der Waals surface area contributed by atoms with Gasteiger partial charge in [-0.05, 0) is 28.7 Å². The fourth-order valence-electron chi connectivity index (χ4n) is 4.05. The second-order valence-electron chi connectivity index (χ2n) is 7.97. The summed E-state index contributed by atoms with van der Waals surface area (Å²) in [6, 6.07) is 13.8. The Kier molecular flexibility index (Phi) is 8.09. The largest absolute Gasteiger partial charge is 0.480 e. The molecule has 1 aliphatic rings. The number of hydrogen-bond donors (Lipinski definition) is 3. The van der Waals surface area contributed by atoms with E-state index in [1.165, 1.54) is 0 Å². The SMILES string of the molecule is C#CCC(NC(=O)OCC1c2ccccc2-c2ccccc21)C(=O)NC(CCCC)C(=O)O. The standard InChI is InChI=1S/C26H28N2O5/c1-3-5-15-23(25(30)31)27-24(29)22(10-4-2)28-26(32)33-16-21-19-13-8-6-11-17(19)18-12-7-9-14-20(18)21/h2,6-9,11-14,21-23H,3,5,10,15-16H2,1H3,(H,27,29)(H,28,32)(H,30,31). The van der Waals surface area contributed by atoms with E-state index in [2.05, 4.69) is 16.6 Å². The van der Waals surface area contributed by atoms with Gasteiger partial charge in [0.15, 0.2) is 0 Å². The maximum absolute atomic E-state index is 12.6. The van der Waals surface area contributed by atoms with Gasteiger partial charge in [0.25, 0.3) is 0 Å². The fraction of sp³-hybridized carbons (Fsp3) is 0.346. The molecule has 2 aromatic rings. The molecule has 2 aromatic carbocycles. The first-order chi connectivity index (χ1) is 16.0. The summed E-state index contributed by atoms with van der Waals surface area (Å²) in [5.41, 5.74) is 4.37. The Morgan fingerprint density at radius 3 is 2.18 bits per heavy atom. The smallest absolute Gasteiger partial charge is 0.407 e. The number of ether oxygens (including phenoxy) is 1. The molecule has 7 heteroatoms. The van der Waals surface area contributed by atoms with Crippen LogP contribution in [0.15, 0.2) is 48.5 Å². The van der Waals surface area contributed by atoms with Crippen molar-refractivity contribution in [3.8, 4) is 23.5 Å². The molecule has 0 fully saturated rings. The highest BCUT2D eigenvalue weighted by atomic mass is 16.5. The third-order valence-corrected chi connectivity index (χ3v) is 5.74. The molecule has 2 amide bonds. The second kappa shape index (κ2) is 11.2. The number of terminal acetylenes is 1. The molecule has 0 saturated heterocycles. The number of carbonyl (C=O) groups is 3. The number of alkyl carbamates (subject to hydrolysis) is 1. The van der Waals surface area contributed by atoms with E-state index >= 15 is 0 Å². The Bertz CT molecular complexity index is 1010. The molecule has 3 N–H and O–H groups in total. The summed E-state index contributed by atoms with van der Waals surface area (Å²) in [5.74, 6) is 0.452. The molecule has 33 heavy (non-hydrogen) atoms. The van der Waals surface area contributed by atoms with E-state index in [-0.39, 0.29) is 18.9 Å². The molecule has 0 radical (unpaired) electrons. The van der Waals surface area contributed by atoms with Gasteiger partial charge in [0.05, 0.1) is 0 Å². The number of nitrogens with one attached hydrogen (secondary N) is 2. The number of carboxylic acid groups (broad SMARTS) is 1. The number of unbranched alkanes of at least 4 members (excludes halogenated alkanes) is 1. The minimum absolute atomic E-state index is 0.0872. The van der Waals surface area contributed by atoms with Crippen LogP contribution in [0.3, 0.4) is 0 Å². The van der Waals surface area contributed by atoms with Crippen LogP contribution < -0.4 is 10.6 Å². The van der Waals surface area contributed by atoms with Gasteiger partial charge in [-0.3, -0.25) is 4.79 Å². The molecule has 0 aromatic heterocycles. The second-order valence-corrected chi connectivity index (χ2v) is 7.97. The van der Waals surface area contributed by atoms with Gasteiger partial charge in [-0.2, -0.15) is 0 Å². The first-order valence-corrected chi connectivity index (χ1v) is 11.0. The number of carbonyl (C=O) groups excluding carboxylic acids is 2. The van der Waals surface area contributed by atoms with E-state index in [9.17, 15) is 19.5 Å². The molecule has 1 aliphatic carbocycles. The molecule has 0 saturated carbocycles. The molecule has 172 valence electrons. The van der Waals surface area contributed by atoms with Gasteiger partial charge >= 0.3 is 12.1 Å². The van der Waals surface area contributed by atoms with Crippen molar-refractivity contribution >= 4 is 18.0 Å². The Labute approximate surface area is 193 Å². The molecule has 2 atom stereocenters. The zero-order valence-corrected chi connectivity index (χ0v) is 18.5. The highest BCUT2D eigenvalue weighted by Crippen LogP contribution is 2.44. The molecule has 0 aliphatic heterocycles. The van der Waals surface area contributed by atoms with Crippen LogP contribution in [0.1, 0.15) is 49.7 Å². The summed E-state index contributed by atoms with van der Waals surface area (Å²) in [5, 5.41) is 14.3. The molecule has 0 heterocycles. The zero-order chi connectivity index (χ0) is 23.8. The lowest BCUT2D eigenvalue weighted by atomic mass is 9.98. The van der Waals surface area contributed by atoms with E-state index in [0.29, 0.717) is 12.8 Å². The minimum Gasteiger partial charge on any atom is -0.480 e. The molecule has 3 rings (SSSR count). The van der Waals surface area contributed by atoms with Crippen LogP contribution in [0, 0.1) is 12.3 Å². The summed E-state index contributed by atoms with van der Waals surface area (Å²) >= 11 is 0. The van der Waals surface area contributed by atoms with Crippen LogP contribution in [0.4, 0.5) is 4.79 Å². The van der Waals surface area contributed by atoms with Crippen molar-refractivity contribution in [2.24, 2.45) is 0 Å². The molecular weight excluding hydrogens is 420 g/mol. The van der Waals surface area contributed by atoms with Crippen LogP contribution in [0.5, 0.6) is 0 Å². The van der Waals surface area contributed by atoms with E-state index in [1.54, 1.807) is 0 Å². The number of aliphatic carboxylic acids is 1. The quantitative estimate of drug-likeness (QED) is 0.481. The highest BCUT2D eigenvalue weighted by Gasteiger charge is 2.30. The van der Waals surface area contributed by atoms with Crippen molar-refractivity contribution in [3.05, 3.63) is 59.7 Å². The maximum Gasteiger partial charge on any atom is 0.407 e. The van der Waals surface area contributed by atoms with Crippen molar-refractivity contribution in [3.63, 3.8) is 0 Å². The van der Waals surface area contributed by atoms with Gasteiger partial charge in [-0.15, -0.1) is 12.3 Å². The van der Waals surface area contributed by atoms with Gasteiger partial charge in [0.1, 0.15) is 18.7 Å². The summed E-state index contributed by atoms with van der Waals surface area (Å²) in [4.78, 5) is 36.5. The highest BCUT2D eigenvalue weighted by molar-refractivity contribution is 5.89. The normalized spacial score (nSPS) is 13.7. The first kappa shape index (κ1) is 23.9. The van der Waals surface area contributed by atoms with Crippen molar-refractivity contribution < 1.29 is 24.2 Å². The number of carboxylic acids is 1. The topological polar surface area (TPSA) is 105 Å². The molecule has 0 bridgehead atoms. The van der Waals surface area contributed by atoms with E-state index in [4.69, 9.17) is 11.2 Å². The summed E-state index contributed by atoms with van der Waals surface area (Å²) in [7, 11) is 0. The number of rotatable bonds is 10. The van der Waals surface area contributed by atoms with Crippen molar-refractivity contribution in [2.45, 2.75) is 50.6 Å². The van der Waals surface area contributed by atoms with Gasteiger partial charge in [-0.1, -0.05) is 68.3 Å². The van der Waals surface area contributed by atoms with Gasteiger partial charge in [-0.25, -0.2) is 9.59 Å². The average Bonchev–Trinajstić information content (AvgIpc) is 3.13. The molecule has 7 nitrogen and oxygen atoms in total. The van der Waals surface area contributed by atoms with Crippen LogP contribution in [0.25, 0.3) is 11.1 Å². The fourth-order valence-corrected chi connectivity index (χ4v) is 4.05. The predicted octanol–water partition coefficient (Wildman–Crippen LogP) is 3.68. The first-order valence-electron chi connectivity index (χ1n) is 11.0. The van der Waals surface area contributed by atoms with Crippen molar-refractivity contribution in [2.75, 3.05) is 6.61 Å². The number of fused-ring (bicyclic) bond motifs is 3. The number of hydrogen-bond acceptors (Lipinski definition) is 4. The molecular formula is C26H28N2O5. The van der Waals surface area contributed by atoms with Crippen LogP contribution in [-0.4, -0.2) is 41.8 Å². The summed E-state index contributed by atoms with van der Waals surface area (Å²) in [6.45, 7) is 2.03. The van der Waals surface area contributed by atoms with Crippen LogP contribution in [-0.2, 0) is 14.3 Å². The Morgan fingerprint density at radius 2 is 1.64 bits per heavy atom. The maximum atomic E-state index is 12.6. The van der Waals surface area contributed by atoms with Crippen LogP contribution in [0.2, 0.25) is 0 Å². The summed E-state index contributed by atoms with van der Waals surface area (Å²) < 4.78 is 5.47. The lowest BCUT2D eigenvalue weighted by Crippen LogP contribution is -2.51. The third kappa shape index (κ3) is 5.72. The van der Waals surface area contributed by atoms with Gasteiger partial charge in [0, 0.05) is 12.3 Å². The number of amides is 2. The van der Waals surface area contributed by atoms with Crippen molar-refractivity contribution in [1.82, 2.24) is 10.6 Å². The Balaban J connectivity index is 1.63. The monoisotopic (exact) mass is 448 g/mol. The lowest BCUT2D eigenvalue weighted by molar-refractivity contribution is -0.142. The zero-order valence-electron chi connectivity index (χ0n) is 18.5. The van der Waals surface area contributed by atoms with Crippen molar-refractivity contribution in [1.29, 1.82) is 0 Å². The minimum atomic E-state index is -1.13. The van der Waals surface area contributed by atoms with E-state index < -0.39 is 30.1 Å². The number of benzene rings is 2. The van der Waals surface area contributed by atoms with E-state index in [1.807, 2.05) is 55.5 Å². The third-order valence-electron chi connectivity index (χ3n) is 5.74. The Morgan fingerprint density at radius 1 is 1.03 bits per heavy atom. The van der Waals surface area contributed by atoms with Gasteiger partial charge in [0.2, 0.25) is 5.91 Å². The van der Waals surface area contributed by atoms with Gasteiger partial charge < -0.3 is 20.5 Å². The molecule has 0 spiro atoms. The Hall–Kier alpha value is -3.79. The predicted molar refractivity (Wildman–Crippen MR) is 125 cm³/mol.